The number of hydrogen-bond acceptors (Lipinski definition) is 4. The van der Waals surface area contributed by atoms with Gasteiger partial charge in [0, 0.05) is 18.2 Å². The number of anilines is 3. The van der Waals surface area contributed by atoms with Gasteiger partial charge in [-0.3, -0.25) is 19.3 Å². The molecule has 2 unspecified atom stereocenters. The molecule has 0 fully saturated rings. The van der Waals surface area contributed by atoms with E-state index >= 15 is 0 Å². The van der Waals surface area contributed by atoms with E-state index in [0.717, 1.165) is 16.8 Å². The zero-order valence-corrected chi connectivity index (χ0v) is 18.7. The van der Waals surface area contributed by atoms with Crippen molar-refractivity contribution in [2.24, 2.45) is 0 Å². The molecule has 3 amide bonds. The highest BCUT2D eigenvalue weighted by Crippen LogP contribution is 2.31. The summed E-state index contributed by atoms with van der Waals surface area (Å²) in [4.78, 5) is 41.5. The minimum Gasteiger partial charge on any atom is -0.324 e. The van der Waals surface area contributed by atoms with Crippen molar-refractivity contribution in [3.8, 4) is 0 Å². The third kappa shape index (κ3) is 5.11. The maximum absolute atomic E-state index is 13.2. The number of hydrogen-bond donors (Lipinski definition) is 2. The maximum Gasteiger partial charge on any atom is 0.241 e. The lowest BCUT2D eigenvalue weighted by atomic mass is 10.1. The van der Waals surface area contributed by atoms with Crippen molar-refractivity contribution in [1.82, 2.24) is 4.90 Å². The van der Waals surface area contributed by atoms with Crippen molar-refractivity contribution in [2.75, 3.05) is 29.1 Å². The molecule has 0 aliphatic carbocycles. The summed E-state index contributed by atoms with van der Waals surface area (Å²) in [5, 5.41) is 5.81. The highest BCUT2D eigenvalue weighted by Gasteiger charge is 2.31. The summed E-state index contributed by atoms with van der Waals surface area (Å²) < 4.78 is 0. The molecule has 0 radical (unpaired) electrons. The van der Waals surface area contributed by atoms with Crippen LogP contribution in [0.3, 0.4) is 0 Å². The Kier molecular flexibility index (Phi) is 6.75. The van der Waals surface area contributed by atoms with E-state index in [0.29, 0.717) is 11.4 Å². The number of rotatable bonds is 5. The van der Waals surface area contributed by atoms with Gasteiger partial charge in [-0.05, 0) is 58.5 Å². The first-order valence-electron chi connectivity index (χ1n) is 10.5. The molecule has 0 saturated carbocycles. The van der Waals surface area contributed by atoms with Gasteiger partial charge in [0.05, 0.1) is 24.0 Å². The molecule has 164 valence electrons. The molecule has 1 heterocycles. The maximum atomic E-state index is 13.2. The van der Waals surface area contributed by atoms with Crippen LogP contribution in [0, 0.1) is 13.8 Å². The van der Waals surface area contributed by atoms with Crippen LogP contribution in [0.5, 0.6) is 0 Å². The van der Waals surface area contributed by atoms with Gasteiger partial charge in [0.15, 0.2) is 0 Å². The summed E-state index contributed by atoms with van der Waals surface area (Å²) in [6.45, 7) is 7.64. The summed E-state index contributed by atoms with van der Waals surface area (Å²) in [5.74, 6) is -0.460. The van der Waals surface area contributed by atoms with E-state index in [1.54, 1.807) is 29.8 Å². The van der Waals surface area contributed by atoms with Crippen molar-refractivity contribution in [1.29, 1.82) is 0 Å². The Balaban J connectivity index is 1.71. The zero-order valence-electron chi connectivity index (χ0n) is 18.7. The average molecular weight is 423 g/mol. The third-order valence-electron chi connectivity index (χ3n) is 5.69. The molecule has 31 heavy (non-hydrogen) atoms. The van der Waals surface area contributed by atoms with Gasteiger partial charge in [0.1, 0.15) is 0 Å². The summed E-state index contributed by atoms with van der Waals surface area (Å²) in [7, 11) is 1.75. The Morgan fingerprint density at radius 1 is 1.23 bits per heavy atom. The van der Waals surface area contributed by atoms with E-state index < -0.39 is 6.04 Å². The van der Waals surface area contributed by atoms with Crippen LogP contribution in [0.15, 0.2) is 42.5 Å². The molecule has 2 aromatic carbocycles. The largest absolute Gasteiger partial charge is 0.324 e. The number of likely N-dealkylation sites (N-methyl/N-ethyl adjacent to an activating group) is 1. The van der Waals surface area contributed by atoms with E-state index in [1.807, 2.05) is 57.2 Å². The van der Waals surface area contributed by atoms with Crippen molar-refractivity contribution in [3.63, 3.8) is 0 Å². The molecule has 3 rings (SSSR count). The highest BCUT2D eigenvalue weighted by atomic mass is 16.2. The number of para-hydroxylation sites is 2. The van der Waals surface area contributed by atoms with Gasteiger partial charge in [-0.25, -0.2) is 0 Å². The van der Waals surface area contributed by atoms with E-state index in [-0.39, 0.29) is 36.7 Å². The van der Waals surface area contributed by atoms with Crippen LogP contribution < -0.4 is 15.5 Å². The highest BCUT2D eigenvalue weighted by molar-refractivity contribution is 6.05. The van der Waals surface area contributed by atoms with E-state index in [4.69, 9.17) is 0 Å². The van der Waals surface area contributed by atoms with Crippen LogP contribution in [0.4, 0.5) is 17.1 Å². The monoisotopic (exact) mass is 422 g/mol. The molecular weight excluding hydrogens is 392 g/mol. The summed E-state index contributed by atoms with van der Waals surface area (Å²) in [6.07, 6.45) is 0.215. The van der Waals surface area contributed by atoms with Gasteiger partial charge in [-0.1, -0.05) is 29.8 Å². The number of amides is 3. The molecule has 1 aliphatic heterocycles. The minimum atomic E-state index is -0.512. The Labute approximate surface area is 183 Å². The van der Waals surface area contributed by atoms with Crippen LogP contribution in [0.2, 0.25) is 0 Å². The second kappa shape index (κ2) is 9.31. The molecule has 2 N–H and O–H groups in total. The molecule has 2 atom stereocenters. The van der Waals surface area contributed by atoms with Crippen molar-refractivity contribution in [3.05, 3.63) is 53.6 Å². The number of aryl methyl sites for hydroxylation is 2. The van der Waals surface area contributed by atoms with E-state index in [2.05, 4.69) is 10.6 Å². The first-order valence-corrected chi connectivity index (χ1v) is 10.5. The fraction of sp³-hybridized carbons (Fsp3) is 0.375. The summed E-state index contributed by atoms with van der Waals surface area (Å²) >= 11 is 0. The van der Waals surface area contributed by atoms with Crippen LogP contribution >= 0.6 is 0 Å². The predicted octanol–water partition coefficient (Wildman–Crippen LogP) is 3.33. The predicted molar refractivity (Wildman–Crippen MR) is 123 cm³/mol. The van der Waals surface area contributed by atoms with Gasteiger partial charge in [-0.2, -0.15) is 0 Å². The number of carbonyl (C=O) groups is 3. The molecule has 7 nitrogen and oxygen atoms in total. The van der Waals surface area contributed by atoms with Gasteiger partial charge < -0.3 is 15.5 Å². The fourth-order valence-electron chi connectivity index (χ4n) is 3.79. The molecule has 0 bridgehead atoms. The van der Waals surface area contributed by atoms with E-state index in [9.17, 15) is 14.4 Å². The normalized spacial score (nSPS) is 16.9. The molecule has 2 aromatic rings. The van der Waals surface area contributed by atoms with Gasteiger partial charge in [0.2, 0.25) is 17.7 Å². The topological polar surface area (TPSA) is 81.8 Å². The average Bonchev–Trinajstić information content (AvgIpc) is 2.83. The number of nitrogens with zero attached hydrogens (tertiary/aromatic N) is 2. The standard InChI is InChI=1S/C24H30N4O3/c1-15-10-11-19(16(2)12-15)26-24(31)18(4)27(5)14-23(30)28-17(3)13-22(29)25-20-8-6-7-9-21(20)28/h6-12,17-18H,13-14H2,1-5H3,(H,25,29)(H,26,31). The molecule has 0 aromatic heterocycles. The second-order valence-corrected chi connectivity index (χ2v) is 8.28. The lowest BCUT2D eigenvalue weighted by Gasteiger charge is -2.31. The molecule has 1 aliphatic rings. The Bertz CT molecular complexity index is 1000. The molecular formula is C24H30N4O3. The molecule has 0 spiro atoms. The van der Waals surface area contributed by atoms with Gasteiger partial charge in [0.25, 0.3) is 0 Å². The van der Waals surface area contributed by atoms with Crippen LogP contribution in [0.1, 0.15) is 31.4 Å². The number of fused-ring (bicyclic) bond motifs is 1. The van der Waals surface area contributed by atoms with Crippen molar-refractivity contribution in [2.45, 2.75) is 46.2 Å². The Morgan fingerprint density at radius 3 is 2.65 bits per heavy atom. The first kappa shape index (κ1) is 22.5. The van der Waals surface area contributed by atoms with Crippen molar-refractivity contribution >= 4 is 34.8 Å². The Hall–Kier alpha value is -3.19. The SMILES string of the molecule is Cc1ccc(NC(=O)C(C)N(C)CC(=O)N2c3ccccc3NC(=O)CC2C)c(C)c1. The fourth-order valence-corrected chi connectivity index (χ4v) is 3.79. The van der Waals surface area contributed by atoms with Crippen LogP contribution in [-0.4, -0.2) is 48.3 Å². The number of nitrogens with one attached hydrogen (secondary N) is 2. The van der Waals surface area contributed by atoms with Crippen LogP contribution in [-0.2, 0) is 14.4 Å². The zero-order chi connectivity index (χ0) is 22.7. The minimum absolute atomic E-state index is 0.0499. The quantitative estimate of drug-likeness (QED) is 0.774. The van der Waals surface area contributed by atoms with Gasteiger partial charge in [-0.15, -0.1) is 0 Å². The summed E-state index contributed by atoms with van der Waals surface area (Å²) in [5.41, 5.74) is 4.18. The summed E-state index contributed by atoms with van der Waals surface area (Å²) in [6, 6.07) is 12.3. The first-order chi connectivity index (χ1) is 14.7. The van der Waals surface area contributed by atoms with Gasteiger partial charge >= 0.3 is 0 Å². The van der Waals surface area contributed by atoms with Crippen molar-refractivity contribution < 1.29 is 14.4 Å². The Morgan fingerprint density at radius 2 is 1.94 bits per heavy atom. The lowest BCUT2D eigenvalue weighted by Crippen LogP contribution is -2.48. The second-order valence-electron chi connectivity index (χ2n) is 8.28. The molecule has 7 heteroatoms. The lowest BCUT2D eigenvalue weighted by molar-refractivity contribution is -0.123. The third-order valence-corrected chi connectivity index (χ3v) is 5.69. The molecule has 0 saturated heterocycles. The van der Waals surface area contributed by atoms with Crippen LogP contribution in [0.25, 0.3) is 0 Å². The van der Waals surface area contributed by atoms with E-state index in [1.165, 1.54) is 0 Å². The number of benzene rings is 2. The number of carbonyl (C=O) groups excluding carboxylic acids is 3. The smallest absolute Gasteiger partial charge is 0.241 e.